The highest BCUT2D eigenvalue weighted by molar-refractivity contribution is 5.90. The molecule has 3 aromatic carbocycles. The Morgan fingerprint density at radius 1 is 0.909 bits per heavy atom. The molecule has 4 rings (SSSR count). The van der Waals surface area contributed by atoms with Gasteiger partial charge in [-0.25, -0.2) is 9.48 Å². The molecule has 0 N–H and O–H groups in total. The summed E-state index contributed by atoms with van der Waals surface area (Å²) in [6.45, 7) is 1.35. The van der Waals surface area contributed by atoms with Crippen LogP contribution in [0.3, 0.4) is 0 Å². The number of benzene rings is 3. The smallest absolute Gasteiger partial charge is 0.333 e. The van der Waals surface area contributed by atoms with Crippen molar-refractivity contribution in [3.05, 3.63) is 126 Å². The largest absolute Gasteiger partial charge is 0.456 e. The monoisotopic (exact) mass is 438 g/mol. The number of carbonyl (C=O) groups is 1. The molecule has 0 amide bonds. The third-order valence-corrected chi connectivity index (χ3v) is 5.13. The van der Waals surface area contributed by atoms with Crippen molar-refractivity contribution in [1.82, 2.24) is 19.9 Å². The van der Waals surface area contributed by atoms with Crippen molar-refractivity contribution in [2.75, 3.05) is 7.05 Å². The standard InChI is InChI=1S/C27H26N4O2/c1-30(18-22-11-5-2-6-12-22)26(24-15-9-4-10-16-24)17-27(32)33-21-25-20-31(29-28-25)19-23-13-7-3-8-14-23/h2-17,20H,18-19,21H2,1H3/b26-17+. The van der Waals surface area contributed by atoms with Crippen molar-refractivity contribution < 1.29 is 9.53 Å². The maximum Gasteiger partial charge on any atom is 0.333 e. The molecule has 0 radical (unpaired) electrons. The minimum absolute atomic E-state index is 0.0641. The van der Waals surface area contributed by atoms with Crippen LogP contribution in [0.15, 0.2) is 103 Å². The molecule has 0 atom stereocenters. The van der Waals surface area contributed by atoms with E-state index in [1.54, 1.807) is 10.9 Å². The van der Waals surface area contributed by atoms with E-state index >= 15 is 0 Å². The normalized spacial score (nSPS) is 11.2. The maximum atomic E-state index is 12.7. The fourth-order valence-electron chi connectivity index (χ4n) is 3.52. The van der Waals surface area contributed by atoms with Crippen LogP contribution in [0.25, 0.3) is 5.70 Å². The summed E-state index contributed by atoms with van der Waals surface area (Å²) in [7, 11) is 1.97. The van der Waals surface area contributed by atoms with Crippen molar-refractivity contribution in [2.45, 2.75) is 19.7 Å². The second kappa shape index (κ2) is 10.9. The van der Waals surface area contributed by atoms with E-state index in [-0.39, 0.29) is 6.61 Å². The Labute approximate surface area is 193 Å². The Balaban J connectivity index is 1.42. The molecule has 0 saturated heterocycles. The molecule has 0 aliphatic rings. The molecule has 0 spiro atoms. The number of carbonyl (C=O) groups excluding carboxylic acids is 1. The summed E-state index contributed by atoms with van der Waals surface area (Å²) < 4.78 is 7.22. The molecule has 6 heteroatoms. The molecular weight excluding hydrogens is 412 g/mol. The van der Waals surface area contributed by atoms with E-state index in [9.17, 15) is 4.79 Å². The summed E-state index contributed by atoms with van der Waals surface area (Å²) in [6.07, 6.45) is 3.33. The third kappa shape index (κ3) is 6.40. The summed E-state index contributed by atoms with van der Waals surface area (Å²) in [4.78, 5) is 14.7. The third-order valence-electron chi connectivity index (χ3n) is 5.13. The zero-order chi connectivity index (χ0) is 22.9. The number of hydrogen-bond acceptors (Lipinski definition) is 5. The van der Waals surface area contributed by atoms with Crippen molar-refractivity contribution in [3.8, 4) is 0 Å². The summed E-state index contributed by atoms with van der Waals surface area (Å²) in [5, 5.41) is 8.24. The summed E-state index contributed by atoms with van der Waals surface area (Å²) in [5.74, 6) is -0.425. The predicted molar refractivity (Wildman–Crippen MR) is 128 cm³/mol. The lowest BCUT2D eigenvalue weighted by molar-refractivity contribution is -0.139. The first-order valence-corrected chi connectivity index (χ1v) is 10.8. The van der Waals surface area contributed by atoms with Gasteiger partial charge in [-0.1, -0.05) is 96.2 Å². The highest BCUT2D eigenvalue weighted by atomic mass is 16.5. The van der Waals surface area contributed by atoms with Gasteiger partial charge in [-0.05, 0) is 16.7 Å². The van der Waals surface area contributed by atoms with Gasteiger partial charge in [0.05, 0.1) is 18.4 Å². The van der Waals surface area contributed by atoms with Gasteiger partial charge in [-0.15, -0.1) is 5.10 Å². The molecule has 166 valence electrons. The van der Waals surface area contributed by atoms with E-state index in [2.05, 4.69) is 22.4 Å². The molecule has 0 fully saturated rings. The summed E-state index contributed by atoms with van der Waals surface area (Å²) in [6, 6.07) is 30.0. The van der Waals surface area contributed by atoms with Gasteiger partial charge < -0.3 is 9.64 Å². The fraction of sp³-hybridized carbons (Fsp3) is 0.148. The Bertz CT molecular complexity index is 1190. The van der Waals surface area contributed by atoms with Crippen molar-refractivity contribution in [1.29, 1.82) is 0 Å². The number of aromatic nitrogens is 3. The highest BCUT2D eigenvalue weighted by Crippen LogP contribution is 2.20. The number of rotatable bonds is 9. The van der Waals surface area contributed by atoms with Crippen LogP contribution in [0.2, 0.25) is 0 Å². The van der Waals surface area contributed by atoms with Crippen LogP contribution >= 0.6 is 0 Å². The molecule has 1 heterocycles. The molecule has 0 aliphatic carbocycles. The SMILES string of the molecule is CN(Cc1ccccc1)/C(=C/C(=O)OCc1cn(Cc2ccccc2)nn1)c1ccccc1. The topological polar surface area (TPSA) is 60.2 Å². The van der Waals surface area contributed by atoms with Crippen LogP contribution in [0.4, 0.5) is 0 Å². The second-order valence-corrected chi connectivity index (χ2v) is 7.74. The first-order valence-electron chi connectivity index (χ1n) is 10.8. The van der Waals surface area contributed by atoms with Crippen LogP contribution in [-0.4, -0.2) is 32.9 Å². The van der Waals surface area contributed by atoms with Gasteiger partial charge in [-0.3, -0.25) is 0 Å². The van der Waals surface area contributed by atoms with Crippen molar-refractivity contribution >= 4 is 11.7 Å². The summed E-state index contributed by atoms with van der Waals surface area (Å²) >= 11 is 0. The Morgan fingerprint density at radius 3 is 2.18 bits per heavy atom. The average Bonchev–Trinajstić information content (AvgIpc) is 3.30. The average molecular weight is 439 g/mol. The molecule has 0 bridgehead atoms. The van der Waals surface area contributed by atoms with Gasteiger partial charge >= 0.3 is 5.97 Å². The number of ether oxygens (including phenoxy) is 1. The lowest BCUT2D eigenvalue weighted by Crippen LogP contribution is -2.18. The Kier molecular flexibility index (Phi) is 7.28. The van der Waals surface area contributed by atoms with Crippen molar-refractivity contribution in [3.63, 3.8) is 0 Å². The van der Waals surface area contributed by atoms with Crippen molar-refractivity contribution in [2.24, 2.45) is 0 Å². The quantitative estimate of drug-likeness (QED) is 0.284. The van der Waals surface area contributed by atoms with Crippen LogP contribution in [0, 0.1) is 0 Å². The number of nitrogens with zero attached hydrogens (tertiary/aromatic N) is 4. The molecule has 1 aromatic heterocycles. The van der Waals surface area contributed by atoms with Crippen LogP contribution in [-0.2, 0) is 29.2 Å². The van der Waals surface area contributed by atoms with Gasteiger partial charge in [0.25, 0.3) is 0 Å². The van der Waals surface area contributed by atoms with Gasteiger partial charge in [-0.2, -0.15) is 0 Å². The molecule has 0 unspecified atom stereocenters. The molecule has 33 heavy (non-hydrogen) atoms. The zero-order valence-corrected chi connectivity index (χ0v) is 18.5. The van der Waals surface area contributed by atoms with Gasteiger partial charge in [0.2, 0.25) is 0 Å². The van der Waals surface area contributed by atoms with E-state index in [1.807, 2.05) is 90.8 Å². The maximum absolute atomic E-state index is 12.7. The first-order chi connectivity index (χ1) is 16.2. The van der Waals surface area contributed by atoms with Crippen LogP contribution in [0.5, 0.6) is 0 Å². The molecule has 4 aromatic rings. The van der Waals surface area contributed by atoms with E-state index in [4.69, 9.17) is 4.74 Å². The Hall–Kier alpha value is -4.19. The second-order valence-electron chi connectivity index (χ2n) is 7.74. The Morgan fingerprint density at radius 2 is 1.52 bits per heavy atom. The van der Waals surface area contributed by atoms with Gasteiger partial charge in [0.15, 0.2) is 0 Å². The van der Waals surface area contributed by atoms with Crippen LogP contribution in [0.1, 0.15) is 22.4 Å². The number of esters is 1. The summed E-state index contributed by atoms with van der Waals surface area (Å²) in [5.41, 5.74) is 4.62. The van der Waals surface area contributed by atoms with Gasteiger partial charge in [0, 0.05) is 19.7 Å². The predicted octanol–water partition coefficient (Wildman–Crippen LogP) is 4.54. The molecular formula is C27H26N4O2. The number of hydrogen-bond donors (Lipinski definition) is 0. The van der Waals surface area contributed by atoms with E-state index < -0.39 is 5.97 Å². The molecule has 6 nitrogen and oxygen atoms in total. The van der Waals surface area contributed by atoms with E-state index in [0.717, 1.165) is 22.4 Å². The highest BCUT2D eigenvalue weighted by Gasteiger charge is 2.12. The molecule has 0 saturated carbocycles. The lowest BCUT2D eigenvalue weighted by Gasteiger charge is -2.23. The minimum Gasteiger partial charge on any atom is -0.456 e. The van der Waals surface area contributed by atoms with Gasteiger partial charge in [0.1, 0.15) is 12.3 Å². The van der Waals surface area contributed by atoms with E-state index in [1.165, 1.54) is 6.08 Å². The van der Waals surface area contributed by atoms with Crippen LogP contribution < -0.4 is 0 Å². The lowest BCUT2D eigenvalue weighted by atomic mass is 10.1. The van der Waals surface area contributed by atoms with E-state index in [0.29, 0.717) is 18.8 Å². The zero-order valence-electron chi connectivity index (χ0n) is 18.5. The minimum atomic E-state index is -0.425. The fourth-order valence-corrected chi connectivity index (χ4v) is 3.52. The first kappa shape index (κ1) is 22.0. The molecule has 0 aliphatic heterocycles.